The molecule has 12 nitrogen and oxygen atoms in total. The normalized spacial score (nSPS) is 20.8. The second kappa shape index (κ2) is 7.54. The Balaban J connectivity index is 1.81. The number of hydrazine groups is 2. The van der Waals surface area contributed by atoms with Gasteiger partial charge in [-0.05, 0) is 48.6 Å². The molecule has 0 saturated carbocycles. The Morgan fingerprint density at radius 2 is 0.875 bits per heavy atom. The number of nitrogens with two attached hydrogens (primary N) is 2. The quantitative estimate of drug-likeness (QED) is 0.227. The Bertz CT molecular complexity index is 1340. The van der Waals surface area contributed by atoms with Crippen molar-refractivity contribution in [2.24, 2.45) is 41.9 Å². The van der Waals surface area contributed by atoms with Crippen molar-refractivity contribution >= 4 is 22.8 Å². The minimum atomic E-state index is 0.269. The molecule has 156 valence electrons. The summed E-state index contributed by atoms with van der Waals surface area (Å²) in [5, 5.41) is 7.27. The molecule has 0 aliphatic carbocycles. The third kappa shape index (κ3) is 2.94. The minimum absolute atomic E-state index is 0.269. The maximum absolute atomic E-state index is 7.66. The molecule has 32 heavy (non-hydrogen) atoms. The molecule has 0 aromatic heterocycles. The predicted molar refractivity (Wildman–Crippen MR) is 119 cm³/mol. The highest BCUT2D eigenvalue weighted by Gasteiger charge is 2.25. The van der Waals surface area contributed by atoms with E-state index in [4.69, 9.17) is 22.7 Å². The average Bonchev–Trinajstić information content (AvgIpc) is 3.59. The fourth-order valence-electron chi connectivity index (χ4n) is 3.58. The van der Waals surface area contributed by atoms with Gasteiger partial charge in [-0.2, -0.15) is 10.2 Å². The van der Waals surface area contributed by atoms with Crippen LogP contribution in [0.4, 0.5) is 0 Å². The van der Waals surface area contributed by atoms with Crippen molar-refractivity contribution in [3.05, 3.63) is 94.2 Å². The Kier molecular flexibility index (Phi) is 4.54. The fourth-order valence-corrected chi connectivity index (χ4v) is 3.58. The highest BCUT2D eigenvalue weighted by atomic mass is 15.2. The highest BCUT2D eigenvalue weighted by Crippen LogP contribution is 2.29. The summed E-state index contributed by atoms with van der Waals surface area (Å²) in [6, 6.07) is 0. The average molecular weight is 424 g/mol. The maximum Gasteiger partial charge on any atom is 0.136 e. The number of fused-ring (bicyclic) bond motifs is 4. The van der Waals surface area contributed by atoms with E-state index in [-0.39, 0.29) is 11.4 Å². The van der Waals surface area contributed by atoms with Crippen LogP contribution in [0.3, 0.4) is 0 Å². The molecule has 5 heterocycles. The van der Waals surface area contributed by atoms with Crippen LogP contribution >= 0.6 is 0 Å². The summed E-state index contributed by atoms with van der Waals surface area (Å²) >= 11 is 0. The van der Waals surface area contributed by atoms with Crippen LogP contribution in [0.1, 0.15) is 0 Å². The van der Waals surface area contributed by atoms with Gasteiger partial charge in [0, 0.05) is 0 Å². The number of nitrogens with one attached hydrogen (secondary N) is 4. The standard InChI is InChI=1S/C20H16N12/c21-29-17-9-1-2-10(25-9)18(30-22)12-5-6-14(27-12)20(32-24)16-8-7-15(28-16)19(31-23)13-4-3-11(17)26-13/h1-8,21-22,31-32H,23-24H2. The molecule has 0 aromatic rings. The SMILES string of the molecule is N=NC1=C2C=CC(=N2)C(N=N)=C2C=CC(=N2)C(NN)=C2C=CC(=N2)C(NN)=C2C=CC1=N2. The lowest BCUT2D eigenvalue weighted by Crippen LogP contribution is -2.27. The van der Waals surface area contributed by atoms with E-state index < -0.39 is 0 Å². The zero-order valence-electron chi connectivity index (χ0n) is 16.5. The molecule has 5 aliphatic heterocycles. The van der Waals surface area contributed by atoms with Crippen LogP contribution in [-0.2, 0) is 0 Å². The molecule has 5 rings (SSSR count). The van der Waals surface area contributed by atoms with Crippen LogP contribution in [0.25, 0.3) is 0 Å². The van der Waals surface area contributed by atoms with Crippen molar-refractivity contribution in [2.45, 2.75) is 0 Å². The first-order chi connectivity index (χ1) is 15.7. The third-order valence-corrected chi connectivity index (χ3v) is 5.07. The Labute approximate surface area is 181 Å². The molecule has 0 fully saturated rings. The number of rotatable bonds is 4. The lowest BCUT2D eigenvalue weighted by molar-refractivity contribution is 0.910. The molecule has 0 aromatic carbocycles. The van der Waals surface area contributed by atoms with E-state index in [1.165, 1.54) is 0 Å². The maximum atomic E-state index is 7.66. The van der Waals surface area contributed by atoms with E-state index in [1.807, 2.05) is 0 Å². The molecular formula is C20H16N12. The molecule has 0 spiro atoms. The van der Waals surface area contributed by atoms with Crippen LogP contribution in [0.5, 0.6) is 0 Å². The zero-order valence-corrected chi connectivity index (χ0v) is 16.5. The first-order valence-electron chi connectivity index (χ1n) is 9.40. The van der Waals surface area contributed by atoms with Gasteiger partial charge in [-0.15, -0.1) is 0 Å². The first kappa shape index (κ1) is 19.3. The van der Waals surface area contributed by atoms with Crippen molar-refractivity contribution in [1.29, 1.82) is 11.1 Å². The summed E-state index contributed by atoms with van der Waals surface area (Å²) in [7, 11) is 0. The van der Waals surface area contributed by atoms with Crippen molar-refractivity contribution < 1.29 is 0 Å². The molecule has 0 radical (unpaired) electrons. The summed E-state index contributed by atoms with van der Waals surface area (Å²) in [5.41, 5.74) is 26.0. The van der Waals surface area contributed by atoms with Gasteiger partial charge in [0.05, 0.1) is 45.6 Å². The van der Waals surface area contributed by atoms with Gasteiger partial charge in [-0.1, -0.05) is 0 Å². The fraction of sp³-hybridized carbons (Fsp3) is 0. The van der Waals surface area contributed by atoms with E-state index in [0.717, 1.165) is 0 Å². The minimum Gasteiger partial charge on any atom is -0.320 e. The van der Waals surface area contributed by atoms with Crippen LogP contribution in [0.2, 0.25) is 0 Å². The molecule has 0 amide bonds. The van der Waals surface area contributed by atoms with E-state index in [9.17, 15) is 0 Å². The Hall–Kier alpha value is -4.68. The zero-order chi connectivity index (χ0) is 22.2. The van der Waals surface area contributed by atoms with Gasteiger partial charge in [0.15, 0.2) is 0 Å². The van der Waals surface area contributed by atoms with Gasteiger partial charge in [-0.25, -0.2) is 31.0 Å². The second-order valence-corrected chi connectivity index (χ2v) is 6.82. The predicted octanol–water partition coefficient (Wildman–Crippen LogP) is 1.88. The van der Waals surface area contributed by atoms with E-state index in [0.29, 0.717) is 57.0 Å². The molecule has 8 N–H and O–H groups in total. The van der Waals surface area contributed by atoms with Gasteiger partial charge in [0.1, 0.15) is 22.8 Å². The monoisotopic (exact) mass is 424 g/mol. The molecule has 0 unspecified atom stereocenters. The highest BCUT2D eigenvalue weighted by molar-refractivity contribution is 6.18. The third-order valence-electron chi connectivity index (χ3n) is 5.07. The van der Waals surface area contributed by atoms with Gasteiger partial charge >= 0.3 is 0 Å². The van der Waals surface area contributed by atoms with Crippen molar-refractivity contribution in [1.82, 2.24) is 10.9 Å². The molecule has 8 bridgehead atoms. The number of hydrogen-bond donors (Lipinski definition) is 6. The van der Waals surface area contributed by atoms with Gasteiger partial charge < -0.3 is 10.9 Å². The lowest BCUT2D eigenvalue weighted by atomic mass is 10.2. The van der Waals surface area contributed by atoms with Crippen molar-refractivity contribution in [2.75, 3.05) is 0 Å². The van der Waals surface area contributed by atoms with Crippen LogP contribution < -0.4 is 22.5 Å². The molecule has 5 aliphatic rings. The van der Waals surface area contributed by atoms with E-state index in [2.05, 4.69) is 41.0 Å². The molecule has 12 heteroatoms. The van der Waals surface area contributed by atoms with Crippen LogP contribution in [-0.4, -0.2) is 22.8 Å². The number of allylic oxidation sites excluding steroid dienone is 8. The number of aliphatic imine (C=N–C) groups is 4. The van der Waals surface area contributed by atoms with Crippen LogP contribution in [0, 0.1) is 11.1 Å². The molecular weight excluding hydrogens is 408 g/mol. The number of nitrogens with zero attached hydrogens (tertiary/aromatic N) is 6. The van der Waals surface area contributed by atoms with Crippen molar-refractivity contribution in [3.8, 4) is 0 Å². The Morgan fingerprint density at radius 1 is 0.531 bits per heavy atom. The number of hydrogen-bond acceptors (Lipinski definition) is 12. The first-order valence-corrected chi connectivity index (χ1v) is 9.40. The smallest absolute Gasteiger partial charge is 0.136 e. The summed E-state index contributed by atoms with van der Waals surface area (Å²) in [6.07, 6.45) is 13.9. The molecule has 0 saturated heterocycles. The van der Waals surface area contributed by atoms with E-state index in [1.54, 1.807) is 48.6 Å². The summed E-state index contributed by atoms with van der Waals surface area (Å²) in [5.74, 6) is 11.6. The van der Waals surface area contributed by atoms with Gasteiger partial charge in [0.25, 0.3) is 0 Å². The van der Waals surface area contributed by atoms with Crippen molar-refractivity contribution in [3.63, 3.8) is 0 Å². The van der Waals surface area contributed by atoms with E-state index >= 15 is 0 Å². The topological polar surface area (TPSA) is 198 Å². The van der Waals surface area contributed by atoms with Crippen LogP contribution in [0.15, 0.2) is 124 Å². The van der Waals surface area contributed by atoms with Gasteiger partial charge in [0.2, 0.25) is 0 Å². The molecule has 0 atom stereocenters. The summed E-state index contributed by atoms with van der Waals surface area (Å²) < 4.78 is 0. The van der Waals surface area contributed by atoms with Gasteiger partial charge in [-0.3, -0.25) is 11.7 Å². The summed E-state index contributed by atoms with van der Waals surface area (Å²) in [4.78, 5) is 18.3. The second-order valence-electron chi connectivity index (χ2n) is 6.82. The largest absolute Gasteiger partial charge is 0.320 e. The Morgan fingerprint density at radius 3 is 1.31 bits per heavy atom. The summed E-state index contributed by atoms with van der Waals surface area (Å²) in [6.45, 7) is 0. The lowest BCUT2D eigenvalue weighted by Gasteiger charge is -2.08.